The average Bonchev–Trinajstić information content (AvgIpc) is 2.81. The second kappa shape index (κ2) is 7.32. The van der Waals surface area contributed by atoms with Gasteiger partial charge in [0.1, 0.15) is 5.54 Å². The fourth-order valence-electron chi connectivity index (χ4n) is 4.06. The Labute approximate surface area is 149 Å². The summed E-state index contributed by atoms with van der Waals surface area (Å²) in [5, 5.41) is 2.71. The van der Waals surface area contributed by atoms with Crippen molar-refractivity contribution < 1.29 is 14.4 Å². The van der Waals surface area contributed by atoms with E-state index in [9.17, 15) is 14.4 Å². The van der Waals surface area contributed by atoms with Crippen LogP contribution in [0.15, 0.2) is 0 Å². The van der Waals surface area contributed by atoms with E-state index in [4.69, 9.17) is 0 Å². The number of amides is 4. The van der Waals surface area contributed by atoms with Crippen LogP contribution in [0.25, 0.3) is 0 Å². The number of hydrogen-bond donors (Lipinski definition) is 1. The summed E-state index contributed by atoms with van der Waals surface area (Å²) in [6.07, 6.45) is 5.70. The molecule has 3 aliphatic rings. The predicted molar refractivity (Wildman–Crippen MR) is 93.9 cm³/mol. The molecular formula is C18H30N4O3. The maximum Gasteiger partial charge on any atom is 0.325 e. The van der Waals surface area contributed by atoms with E-state index in [1.54, 1.807) is 13.8 Å². The molecule has 3 fully saturated rings. The van der Waals surface area contributed by atoms with Gasteiger partial charge in [0, 0.05) is 45.2 Å². The molecule has 140 valence electrons. The highest BCUT2D eigenvalue weighted by Crippen LogP contribution is 2.25. The SMILES string of the molecule is CC1(C)NC(=O)N(CCN2CCN(C(=O)C3CCCCC3)CC2)C1=O. The van der Waals surface area contributed by atoms with Gasteiger partial charge in [-0.15, -0.1) is 0 Å². The lowest BCUT2D eigenvalue weighted by atomic mass is 9.88. The molecular weight excluding hydrogens is 320 g/mol. The highest BCUT2D eigenvalue weighted by atomic mass is 16.2. The van der Waals surface area contributed by atoms with Crippen LogP contribution in [-0.4, -0.2) is 77.4 Å². The molecule has 1 aliphatic carbocycles. The Bertz CT molecular complexity index is 534. The molecule has 0 aromatic carbocycles. The molecule has 0 bridgehead atoms. The lowest BCUT2D eigenvalue weighted by molar-refractivity contribution is -0.138. The molecule has 0 radical (unpaired) electrons. The quantitative estimate of drug-likeness (QED) is 0.769. The zero-order valence-electron chi connectivity index (χ0n) is 15.4. The third-order valence-electron chi connectivity index (χ3n) is 5.72. The van der Waals surface area contributed by atoms with E-state index in [0.29, 0.717) is 19.0 Å². The zero-order valence-corrected chi connectivity index (χ0v) is 15.4. The lowest BCUT2D eigenvalue weighted by Crippen LogP contribution is -2.52. The predicted octanol–water partition coefficient (Wildman–Crippen LogP) is 1.04. The highest BCUT2D eigenvalue weighted by Gasteiger charge is 2.44. The molecule has 1 N–H and O–H groups in total. The van der Waals surface area contributed by atoms with Gasteiger partial charge < -0.3 is 10.2 Å². The van der Waals surface area contributed by atoms with Crippen molar-refractivity contribution in [2.75, 3.05) is 39.3 Å². The van der Waals surface area contributed by atoms with Crippen LogP contribution in [0.2, 0.25) is 0 Å². The average molecular weight is 350 g/mol. The summed E-state index contributed by atoms with van der Waals surface area (Å²) in [6.45, 7) is 7.65. The van der Waals surface area contributed by atoms with E-state index in [-0.39, 0.29) is 17.9 Å². The zero-order chi connectivity index (χ0) is 18.0. The Morgan fingerprint density at radius 2 is 1.68 bits per heavy atom. The third kappa shape index (κ3) is 3.97. The van der Waals surface area contributed by atoms with Crippen LogP contribution in [0.4, 0.5) is 4.79 Å². The van der Waals surface area contributed by atoms with Gasteiger partial charge in [-0.25, -0.2) is 4.79 Å². The first-order chi connectivity index (χ1) is 11.9. The summed E-state index contributed by atoms with van der Waals surface area (Å²) in [5.41, 5.74) is -0.803. The molecule has 0 unspecified atom stereocenters. The second-order valence-corrected chi connectivity index (χ2v) is 8.01. The van der Waals surface area contributed by atoms with Crippen molar-refractivity contribution in [2.24, 2.45) is 5.92 Å². The van der Waals surface area contributed by atoms with Crippen molar-refractivity contribution in [1.29, 1.82) is 0 Å². The molecule has 2 saturated heterocycles. The minimum Gasteiger partial charge on any atom is -0.340 e. The number of hydrogen-bond acceptors (Lipinski definition) is 4. The van der Waals surface area contributed by atoms with Gasteiger partial charge in [-0.05, 0) is 26.7 Å². The third-order valence-corrected chi connectivity index (χ3v) is 5.72. The Morgan fingerprint density at radius 1 is 1.04 bits per heavy atom. The van der Waals surface area contributed by atoms with Crippen LogP contribution in [0.1, 0.15) is 46.0 Å². The molecule has 1 saturated carbocycles. The normalized spacial score (nSPS) is 25.4. The van der Waals surface area contributed by atoms with Crippen molar-refractivity contribution >= 4 is 17.8 Å². The van der Waals surface area contributed by atoms with Gasteiger partial charge in [0.05, 0.1) is 0 Å². The molecule has 0 atom stereocenters. The molecule has 3 rings (SSSR count). The van der Waals surface area contributed by atoms with E-state index in [0.717, 1.165) is 39.0 Å². The van der Waals surface area contributed by atoms with Crippen LogP contribution in [-0.2, 0) is 9.59 Å². The smallest absolute Gasteiger partial charge is 0.325 e. The van der Waals surface area contributed by atoms with Crippen molar-refractivity contribution in [3.63, 3.8) is 0 Å². The number of carbonyl (C=O) groups excluding carboxylic acids is 3. The van der Waals surface area contributed by atoms with Crippen molar-refractivity contribution in [3.05, 3.63) is 0 Å². The van der Waals surface area contributed by atoms with E-state index in [1.165, 1.54) is 24.2 Å². The summed E-state index contributed by atoms with van der Waals surface area (Å²) in [7, 11) is 0. The van der Waals surface area contributed by atoms with Crippen LogP contribution in [0.5, 0.6) is 0 Å². The summed E-state index contributed by atoms with van der Waals surface area (Å²) >= 11 is 0. The first-order valence-electron chi connectivity index (χ1n) is 9.54. The molecule has 0 aromatic rings. The first-order valence-corrected chi connectivity index (χ1v) is 9.54. The topological polar surface area (TPSA) is 73.0 Å². The Kier molecular flexibility index (Phi) is 5.32. The van der Waals surface area contributed by atoms with Crippen molar-refractivity contribution in [3.8, 4) is 0 Å². The summed E-state index contributed by atoms with van der Waals surface area (Å²) < 4.78 is 0. The minimum absolute atomic E-state index is 0.163. The molecule has 0 aromatic heterocycles. The van der Waals surface area contributed by atoms with E-state index in [2.05, 4.69) is 10.2 Å². The Morgan fingerprint density at radius 3 is 2.24 bits per heavy atom. The Hall–Kier alpha value is -1.63. The number of piperazine rings is 1. The van der Waals surface area contributed by atoms with E-state index in [1.807, 2.05) is 4.90 Å². The van der Waals surface area contributed by atoms with Crippen molar-refractivity contribution in [2.45, 2.75) is 51.5 Å². The molecule has 0 spiro atoms. The van der Waals surface area contributed by atoms with E-state index < -0.39 is 5.54 Å². The summed E-state index contributed by atoms with van der Waals surface area (Å²) in [6, 6.07) is -0.305. The molecule has 25 heavy (non-hydrogen) atoms. The molecule has 2 aliphatic heterocycles. The number of nitrogens with zero attached hydrogens (tertiary/aromatic N) is 3. The standard InChI is InChI=1S/C18H30N4O3/c1-18(2)16(24)22(17(25)19-18)13-10-20-8-11-21(12-9-20)15(23)14-6-4-3-5-7-14/h14H,3-13H2,1-2H3,(H,19,25). The van der Waals surface area contributed by atoms with Crippen molar-refractivity contribution in [1.82, 2.24) is 20.0 Å². The van der Waals surface area contributed by atoms with Crippen LogP contribution < -0.4 is 5.32 Å². The van der Waals surface area contributed by atoms with Gasteiger partial charge in [0.2, 0.25) is 5.91 Å². The lowest BCUT2D eigenvalue weighted by Gasteiger charge is -2.37. The van der Waals surface area contributed by atoms with E-state index >= 15 is 0 Å². The fraction of sp³-hybridized carbons (Fsp3) is 0.833. The van der Waals surface area contributed by atoms with Gasteiger partial charge in [-0.1, -0.05) is 19.3 Å². The highest BCUT2D eigenvalue weighted by molar-refractivity contribution is 6.06. The fourth-order valence-corrected chi connectivity index (χ4v) is 4.06. The summed E-state index contributed by atoms with van der Waals surface area (Å²) in [5.74, 6) is 0.396. The molecule has 7 nitrogen and oxygen atoms in total. The molecule has 7 heteroatoms. The van der Waals surface area contributed by atoms with Gasteiger partial charge in [0.25, 0.3) is 5.91 Å². The van der Waals surface area contributed by atoms with Gasteiger partial charge >= 0.3 is 6.03 Å². The number of carbonyl (C=O) groups is 3. The molecule has 2 heterocycles. The van der Waals surface area contributed by atoms with Crippen LogP contribution in [0, 0.1) is 5.92 Å². The Balaban J connectivity index is 1.43. The number of imide groups is 1. The van der Waals surface area contributed by atoms with Crippen LogP contribution >= 0.6 is 0 Å². The number of urea groups is 1. The maximum atomic E-state index is 12.6. The maximum absolute atomic E-state index is 12.6. The van der Waals surface area contributed by atoms with Gasteiger partial charge in [0.15, 0.2) is 0 Å². The number of rotatable bonds is 4. The van der Waals surface area contributed by atoms with Crippen LogP contribution in [0.3, 0.4) is 0 Å². The largest absolute Gasteiger partial charge is 0.340 e. The first kappa shape index (κ1) is 18.2. The monoisotopic (exact) mass is 350 g/mol. The van der Waals surface area contributed by atoms with Gasteiger partial charge in [-0.3, -0.25) is 19.4 Å². The number of nitrogens with one attached hydrogen (secondary N) is 1. The van der Waals surface area contributed by atoms with Gasteiger partial charge in [-0.2, -0.15) is 0 Å². The summed E-state index contributed by atoms with van der Waals surface area (Å²) in [4.78, 5) is 42.2. The molecule has 4 amide bonds. The second-order valence-electron chi connectivity index (χ2n) is 8.01. The minimum atomic E-state index is -0.803.